The van der Waals surface area contributed by atoms with Gasteiger partial charge in [-0.25, -0.2) is 8.78 Å². The Labute approximate surface area is 126 Å². The highest BCUT2D eigenvalue weighted by Crippen LogP contribution is 2.24. The van der Waals surface area contributed by atoms with E-state index in [1.54, 1.807) is 11.6 Å². The normalized spacial score (nSPS) is 11.0. The molecule has 1 heterocycles. The van der Waals surface area contributed by atoms with E-state index in [9.17, 15) is 13.6 Å². The summed E-state index contributed by atoms with van der Waals surface area (Å²) in [5, 5.41) is 4.54. The molecule has 0 saturated carbocycles. The largest absolute Gasteiger partial charge is 0.294 e. The maximum absolute atomic E-state index is 14.0. The molecular weight excluding hydrogens is 298 g/mol. The lowest BCUT2D eigenvalue weighted by Crippen LogP contribution is -2.14. The lowest BCUT2D eigenvalue weighted by atomic mass is 10.0. The van der Waals surface area contributed by atoms with E-state index in [0.717, 1.165) is 6.07 Å². The van der Waals surface area contributed by atoms with Gasteiger partial charge in [-0.15, -0.1) is 0 Å². The first-order chi connectivity index (χ1) is 9.86. The van der Waals surface area contributed by atoms with Crippen molar-refractivity contribution in [2.45, 2.75) is 33.7 Å². The third-order valence-electron chi connectivity index (χ3n) is 3.34. The summed E-state index contributed by atoms with van der Waals surface area (Å²) < 4.78 is 29.3. The van der Waals surface area contributed by atoms with Crippen LogP contribution in [-0.4, -0.2) is 15.6 Å². The number of Topliss-reactive ketones (excluding diaryl/α,β-unsaturated/α-hetero) is 1. The Morgan fingerprint density at radius 3 is 2.62 bits per heavy atom. The second-order valence-corrected chi connectivity index (χ2v) is 5.19. The van der Waals surface area contributed by atoms with E-state index in [1.165, 1.54) is 13.0 Å². The van der Waals surface area contributed by atoms with Crippen molar-refractivity contribution >= 4 is 17.4 Å². The third kappa shape index (κ3) is 2.83. The molecule has 1 aromatic heterocycles. The molecule has 0 aliphatic carbocycles. The molecule has 2 rings (SSSR count). The molecule has 0 fully saturated rings. The van der Waals surface area contributed by atoms with Crippen molar-refractivity contribution in [1.82, 2.24) is 9.78 Å². The first-order valence-corrected chi connectivity index (χ1v) is 6.94. The number of aromatic nitrogens is 2. The lowest BCUT2D eigenvalue weighted by Gasteiger charge is -2.08. The average molecular weight is 313 g/mol. The van der Waals surface area contributed by atoms with Crippen LogP contribution in [0.3, 0.4) is 0 Å². The van der Waals surface area contributed by atoms with Gasteiger partial charge < -0.3 is 0 Å². The van der Waals surface area contributed by atoms with Crippen LogP contribution in [0.2, 0.25) is 5.02 Å². The summed E-state index contributed by atoms with van der Waals surface area (Å²) in [6.07, 6.45) is -0.190. The number of hydrogen-bond donors (Lipinski definition) is 0. The summed E-state index contributed by atoms with van der Waals surface area (Å²) in [5.41, 5.74) is 0.770. The highest BCUT2D eigenvalue weighted by Gasteiger charge is 2.23. The molecule has 3 nitrogen and oxygen atoms in total. The Morgan fingerprint density at radius 1 is 1.33 bits per heavy atom. The molecule has 0 N–H and O–H groups in total. The van der Waals surface area contributed by atoms with Gasteiger partial charge in [-0.1, -0.05) is 17.7 Å². The maximum Gasteiger partial charge on any atom is 0.174 e. The topological polar surface area (TPSA) is 34.9 Å². The van der Waals surface area contributed by atoms with Crippen LogP contribution in [0, 0.1) is 25.5 Å². The van der Waals surface area contributed by atoms with Crippen molar-refractivity contribution < 1.29 is 13.6 Å². The van der Waals surface area contributed by atoms with Crippen molar-refractivity contribution in [1.29, 1.82) is 0 Å². The molecule has 6 heteroatoms. The smallest absolute Gasteiger partial charge is 0.174 e. The van der Waals surface area contributed by atoms with Crippen LogP contribution in [0.1, 0.15) is 34.2 Å². The van der Waals surface area contributed by atoms with Gasteiger partial charge in [0.15, 0.2) is 5.78 Å². The molecule has 0 aliphatic heterocycles. The van der Waals surface area contributed by atoms with E-state index in [2.05, 4.69) is 5.10 Å². The molecule has 0 saturated heterocycles. The van der Waals surface area contributed by atoms with Crippen LogP contribution in [0.15, 0.2) is 12.1 Å². The number of benzene rings is 1. The van der Waals surface area contributed by atoms with Crippen molar-refractivity contribution in [3.8, 4) is 0 Å². The van der Waals surface area contributed by atoms with Gasteiger partial charge in [0.25, 0.3) is 0 Å². The number of halogens is 3. The summed E-state index contributed by atoms with van der Waals surface area (Å²) in [7, 11) is 0. The van der Waals surface area contributed by atoms with Gasteiger partial charge in [0.05, 0.1) is 28.4 Å². The van der Waals surface area contributed by atoms with Crippen LogP contribution in [-0.2, 0) is 13.0 Å². The van der Waals surface area contributed by atoms with Crippen molar-refractivity contribution in [3.63, 3.8) is 0 Å². The maximum atomic E-state index is 14.0. The fourth-order valence-electron chi connectivity index (χ4n) is 2.19. The van der Waals surface area contributed by atoms with E-state index in [4.69, 9.17) is 11.6 Å². The highest BCUT2D eigenvalue weighted by molar-refractivity contribution is 6.32. The number of hydrogen-bond acceptors (Lipinski definition) is 2. The molecule has 112 valence electrons. The monoisotopic (exact) mass is 312 g/mol. The van der Waals surface area contributed by atoms with Crippen molar-refractivity contribution in [2.24, 2.45) is 0 Å². The van der Waals surface area contributed by atoms with Crippen LogP contribution < -0.4 is 0 Å². The van der Waals surface area contributed by atoms with Gasteiger partial charge in [-0.2, -0.15) is 5.10 Å². The molecule has 0 unspecified atom stereocenters. The number of ketones is 1. The van der Waals surface area contributed by atoms with E-state index < -0.39 is 23.0 Å². The Morgan fingerprint density at radius 2 is 2.00 bits per heavy atom. The lowest BCUT2D eigenvalue weighted by molar-refractivity contribution is 0.0982. The molecule has 0 spiro atoms. The Balaban J connectivity index is 2.42. The Bertz CT molecular complexity index is 710. The number of aryl methyl sites for hydroxylation is 3. The molecule has 0 bridgehead atoms. The molecular formula is C15H15ClF2N2O. The van der Waals surface area contributed by atoms with Gasteiger partial charge in [-0.05, 0) is 32.4 Å². The SMILES string of the molecule is CCn1nc(C)c(Cl)c1CC(=O)c1c(F)ccc(C)c1F. The van der Waals surface area contributed by atoms with E-state index in [-0.39, 0.29) is 12.0 Å². The van der Waals surface area contributed by atoms with Crippen LogP contribution >= 0.6 is 11.6 Å². The fraction of sp³-hybridized carbons (Fsp3) is 0.333. The zero-order valence-corrected chi connectivity index (χ0v) is 12.8. The molecule has 1 aromatic carbocycles. The molecule has 0 radical (unpaired) electrons. The minimum Gasteiger partial charge on any atom is -0.294 e. The van der Waals surface area contributed by atoms with E-state index in [1.807, 2.05) is 6.92 Å². The van der Waals surface area contributed by atoms with Crippen LogP contribution in [0.25, 0.3) is 0 Å². The number of carbonyl (C=O) groups is 1. The quantitative estimate of drug-likeness (QED) is 0.803. The molecule has 0 atom stereocenters. The van der Waals surface area contributed by atoms with Gasteiger partial charge in [0, 0.05) is 6.54 Å². The zero-order chi connectivity index (χ0) is 15.7. The van der Waals surface area contributed by atoms with Crippen LogP contribution in [0.5, 0.6) is 0 Å². The summed E-state index contributed by atoms with van der Waals surface area (Å²) in [6, 6.07) is 2.39. The summed E-state index contributed by atoms with van der Waals surface area (Å²) in [6.45, 7) is 5.58. The molecule has 0 amide bonds. The van der Waals surface area contributed by atoms with E-state index in [0.29, 0.717) is 23.0 Å². The zero-order valence-electron chi connectivity index (χ0n) is 12.0. The van der Waals surface area contributed by atoms with Gasteiger partial charge in [0.1, 0.15) is 11.6 Å². The second-order valence-electron chi connectivity index (χ2n) is 4.82. The first-order valence-electron chi connectivity index (χ1n) is 6.56. The third-order valence-corrected chi connectivity index (χ3v) is 3.84. The first kappa shape index (κ1) is 15.6. The standard InChI is InChI=1S/C15H15ClF2N2O/c1-4-20-11(14(16)9(3)19-20)7-12(21)13-10(17)6-5-8(2)15(13)18/h5-6H,4,7H2,1-3H3. The van der Waals surface area contributed by atoms with Crippen molar-refractivity contribution in [2.75, 3.05) is 0 Å². The minimum absolute atomic E-state index is 0.190. The van der Waals surface area contributed by atoms with E-state index >= 15 is 0 Å². The minimum atomic E-state index is -0.862. The van der Waals surface area contributed by atoms with Gasteiger partial charge in [0.2, 0.25) is 0 Å². The summed E-state index contributed by atoms with van der Waals surface area (Å²) in [5.74, 6) is -2.33. The van der Waals surface area contributed by atoms with Crippen molar-refractivity contribution in [3.05, 3.63) is 51.3 Å². The van der Waals surface area contributed by atoms with Crippen LogP contribution in [0.4, 0.5) is 8.78 Å². The number of nitrogens with zero attached hydrogens (tertiary/aromatic N) is 2. The second kappa shape index (κ2) is 5.93. The summed E-state index contributed by atoms with van der Waals surface area (Å²) in [4.78, 5) is 12.3. The molecule has 21 heavy (non-hydrogen) atoms. The fourth-order valence-corrected chi connectivity index (χ4v) is 2.39. The van der Waals surface area contributed by atoms with Gasteiger partial charge in [-0.3, -0.25) is 9.48 Å². The Kier molecular flexibility index (Phi) is 4.42. The number of carbonyl (C=O) groups excluding carboxylic acids is 1. The predicted octanol–water partition coefficient (Wildman–Crippen LogP) is 3.88. The molecule has 0 aliphatic rings. The summed E-state index contributed by atoms with van der Waals surface area (Å²) >= 11 is 6.11. The highest BCUT2D eigenvalue weighted by atomic mass is 35.5. The average Bonchev–Trinajstić information content (AvgIpc) is 2.71. The van der Waals surface area contributed by atoms with Gasteiger partial charge >= 0.3 is 0 Å². The molecule has 2 aromatic rings. The number of rotatable bonds is 4. The Hall–Kier alpha value is -1.75. The predicted molar refractivity (Wildman–Crippen MR) is 76.8 cm³/mol.